The van der Waals surface area contributed by atoms with Gasteiger partial charge in [0.25, 0.3) is 5.56 Å². The van der Waals surface area contributed by atoms with Crippen LogP contribution < -0.4 is 15.0 Å². The SMILES string of the molecule is COc1ccc(CCC(=O)OCc2nn3c(=O)cc(C)nc3s2)cc1OC. The molecule has 3 aromatic rings. The molecule has 0 saturated carbocycles. The lowest BCUT2D eigenvalue weighted by atomic mass is 10.1. The standard InChI is InChI=1S/C18H19N3O5S/c1-11-8-16(22)21-18(19-11)27-15(20-21)10-26-17(23)7-5-12-4-6-13(24-2)14(9-12)25-3/h4,6,8-9H,5,7,10H2,1-3H3. The Morgan fingerprint density at radius 3 is 2.70 bits per heavy atom. The summed E-state index contributed by atoms with van der Waals surface area (Å²) in [5, 5.41) is 4.66. The van der Waals surface area contributed by atoms with Gasteiger partial charge >= 0.3 is 5.97 Å². The predicted octanol–water partition coefficient (Wildman–Crippen LogP) is 2.15. The van der Waals surface area contributed by atoms with Crippen molar-refractivity contribution >= 4 is 22.3 Å². The number of aryl methyl sites for hydroxylation is 2. The Labute approximate surface area is 159 Å². The summed E-state index contributed by atoms with van der Waals surface area (Å²) >= 11 is 1.22. The first kappa shape index (κ1) is 18.8. The summed E-state index contributed by atoms with van der Waals surface area (Å²) in [7, 11) is 3.14. The zero-order valence-electron chi connectivity index (χ0n) is 15.2. The number of benzene rings is 1. The molecule has 0 aliphatic rings. The maximum Gasteiger partial charge on any atom is 0.306 e. The van der Waals surface area contributed by atoms with E-state index in [0.29, 0.717) is 33.6 Å². The van der Waals surface area contributed by atoms with E-state index in [1.165, 1.54) is 21.9 Å². The van der Waals surface area contributed by atoms with Gasteiger partial charge in [0.1, 0.15) is 6.61 Å². The molecule has 0 fully saturated rings. The number of fused-ring (bicyclic) bond motifs is 1. The Morgan fingerprint density at radius 1 is 1.19 bits per heavy atom. The van der Waals surface area contributed by atoms with E-state index in [2.05, 4.69) is 10.1 Å². The Hall–Kier alpha value is -2.94. The lowest BCUT2D eigenvalue weighted by Gasteiger charge is -2.09. The quantitative estimate of drug-likeness (QED) is 0.572. The molecule has 0 atom stereocenters. The number of rotatable bonds is 7. The van der Waals surface area contributed by atoms with E-state index in [4.69, 9.17) is 14.2 Å². The third kappa shape index (κ3) is 4.43. The topological polar surface area (TPSA) is 92.0 Å². The zero-order valence-corrected chi connectivity index (χ0v) is 16.0. The number of nitrogens with zero attached hydrogens (tertiary/aromatic N) is 3. The average Bonchev–Trinajstić information content (AvgIpc) is 3.07. The van der Waals surface area contributed by atoms with Crippen molar-refractivity contribution in [1.29, 1.82) is 0 Å². The summed E-state index contributed by atoms with van der Waals surface area (Å²) in [6.45, 7) is 1.76. The number of aromatic nitrogens is 3. The number of carbonyl (C=O) groups excluding carboxylic acids is 1. The van der Waals surface area contributed by atoms with Crippen LogP contribution in [0.25, 0.3) is 4.96 Å². The fraction of sp³-hybridized carbons (Fsp3) is 0.333. The van der Waals surface area contributed by atoms with Crippen LogP contribution in [0.15, 0.2) is 29.1 Å². The third-order valence-electron chi connectivity index (χ3n) is 3.84. The first-order valence-electron chi connectivity index (χ1n) is 8.23. The molecule has 0 bridgehead atoms. The molecule has 0 aliphatic carbocycles. The Balaban J connectivity index is 1.57. The first-order valence-corrected chi connectivity index (χ1v) is 9.04. The monoisotopic (exact) mass is 389 g/mol. The smallest absolute Gasteiger partial charge is 0.306 e. The van der Waals surface area contributed by atoms with Crippen molar-refractivity contribution in [3.05, 3.63) is 50.9 Å². The predicted molar refractivity (Wildman–Crippen MR) is 99.5 cm³/mol. The molecular formula is C18H19N3O5S. The van der Waals surface area contributed by atoms with Crippen LogP contribution in [0, 0.1) is 6.92 Å². The summed E-state index contributed by atoms with van der Waals surface area (Å²) in [5.41, 5.74) is 1.32. The molecule has 1 aromatic carbocycles. The van der Waals surface area contributed by atoms with E-state index in [-0.39, 0.29) is 24.6 Å². The van der Waals surface area contributed by atoms with E-state index in [1.54, 1.807) is 27.2 Å². The highest BCUT2D eigenvalue weighted by molar-refractivity contribution is 7.16. The molecule has 0 spiro atoms. The largest absolute Gasteiger partial charge is 0.493 e. The Bertz CT molecular complexity index is 1030. The van der Waals surface area contributed by atoms with Crippen molar-refractivity contribution in [2.24, 2.45) is 0 Å². The fourth-order valence-electron chi connectivity index (χ4n) is 2.52. The van der Waals surface area contributed by atoms with Crippen LogP contribution >= 0.6 is 11.3 Å². The molecule has 0 amide bonds. The van der Waals surface area contributed by atoms with Crippen molar-refractivity contribution < 1.29 is 19.0 Å². The number of ether oxygens (including phenoxy) is 3. The zero-order chi connectivity index (χ0) is 19.4. The van der Waals surface area contributed by atoms with Gasteiger partial charge in [-0.15, -0.1) is 0 Å². The Kier molecular flexibility index (Phi) is 5.70. The van der Waals surface area contributed by atoms with Gasteiger partial charge in [-0.1, -0.05) is 17.4 Å². The molecule has 0 aliphatic heterocycles. The number of carbonyl (C=O) groups is 1. The van der Waals surface area contributed by atoms with Crippen molar-refractivity contribution in [3.8, 4) is 11.5 Å². The van der Waals surface area contributed by atoms with E-state index >= 15 is 0 Å². The van der Waals surface area contributed by atoms with Gasteiger partial charge in [0.05, 0.1) is 14.2 Å². The van der Waals surface area contributed by atoms with Gasteiger partial charge in [-0.2, -0.15) is 9.61 Å². The molecule has 142 valence electrons. The molecule has 0 N–H and O–H groups in total. The van der Waals surface area contributed by atoms with Crippen molar-refractivity contribution in [3.63, 3.8) is 0 Å². The number of esters is 1. The number of hydrogen-bond acceptors (Lipinski definition) is 8. The molecule has 0 saturated heterocycles. The van der Waals surface area contributed by atoms with Crippen molar-refractivity contribution in [2.75, 3.05) is 14.2 Å². The molecule has 27 heavy (non-hydrogen) atoms. The summed E-state index contributed by atoms with van der Waals surface area (Å²) < 4.78 is 16.9. The van der Waals surface area contributed by atoms with Gasteiger partial charge in [0.15, 0.2) is 16.5 Å². The highest BCUT2D eigenvalue weighted by Gasteiger charge is 2.11. The maximum absolute atomic E-state index is 12.0. The average molecular weight is 389 g/mol. The normalized spacial score (nSPS) is 10.8. The van der Waals surface area contributed by atoms with E-state index in [1.807, 2.05) is 12.1 Å². The first-order chi connectivity index (χ1) is 13.0. The fourth-order valence-corrected chi connectivity index (χ4v) is 3.37. The minimum Gasteiger partial charge on any atom is -0.493 e. The molecule has 2 heterocycles. The third-order valence-corrected chi connectivity index (χ3v) is 4.72. The van der Waals surface area contributed by atoms with Crippen LogP contribution in [0.2, 0.25) is 0 Å². The van der Waals surface area contributed by atoms with E-state index < -0.39 is 0 Å². The van der Waals surface area contributed by atoms with Crippen LogP contribution in [0.4, 0.5) is 0 Å². The summed E-state index contributed by atoms with van der Waals surface area (Å²) in [6, 6.07) is 6.92. The van der Waals surface area contributed by atoms with E-state index in [9.17, 15) is 9.59 Å². The van der Waals surface area contributed by atoms with Crippen LogP contribution in [0.1, 0.15) is 22.7 Å². The van der Waals surface area contributed by atoms with Gasteiger partial charge in [-0.25, -0.2) is 4.98 Å². The second-order valence-corrected chi connectivity index (χ2v) is 6.82. The van der Waals surface area contributed by atoms with Gasteiger partial charge in [0, 0.05) is 18.2 Å². The highest BCUT2D eigenvalue weighted by Crippen LogP contribution is 2.28. The second-order valence-electron chi connectivity index (χ2n) is 5.78. The van der Waals surface area contributed by atoms with Gasteiger partial charge < -0.3 is 14.2 Å². The van der Waals surface area contributed by atoms with Gasteiger partial charge in [-0.05, 0) is 31.0 Å². The van der Waals surface area contributed by atoms with Crippen molar-refractivity contribution in [2.45, 2.75) is 26.4 Å². The highest BCUT2D eigenvalue weighted by atomic mass is 32.1. The summed E-state index contributed by atoms with van der Waals surface area (Å²) in [6.07, 6.45) is 0.733. The molecule has 0 unspecified atom stereocenters. The maximum atomic E-state index is 12.0. The molecule has 2 aromatic heterocycles. The molecule has 9 heteroatoms. The van der Waals surface area contributed by atoms with Crippen LogP contribution in [0.5, 0.6) is 11.5 Å². The molecule has 0 radical (unpaired) electrons. The van der Waals surface area contributed by atoms with Crippen molar-refractivity contribution in [1.82, 2.24) is 14.6 Å². The lowest BCUT2D eigenvalue weighted by molar-refractivity contribution is -0.144. The Morgan fingerprint density at radius 2 is 1.96 bits per heavy atom. The molecular weight excluding hydrogens is 370 g/mol. The van der Waals surface area contributed by atoms with Crippen LogP contribution in [0.3, 0.4) is 0 Å². The minimum atomic E-state index is -0.347. The molecule has 8 nitrogen and oxygen atoms in total. The summed E-state index contributed by atoms with van der Waals surface area (Å²) in [4.78, 5) is 28.6. The van der Waals surface area contributed by atoms with Gasteiger partial charge in [-0.3, -0.25) is 9.59 Å². The lowest BCUT2D eigenvalue weighted by Crippen LogP contribution is -2.14. The van der Waals surface area contributed by atoms with Gasteiger partial charge in [0.2, 0.25) is 4.96 Å². The molecule has 3 rings (SSSR count). The van der Waals surface area contributed by atoms with E-state index in [0.717, 1.165) is 5.56 Å². The number of hydrogen-bond donors (Lipinski definition) is 0. The van der Waals surface area contributed by atoms with Crippen LogP contribution in [-0.2, 0) is 22.6 Å². The second kappa shape index (κ2) is 8.17. The van der Waals surface area contributed by atoms with Crippen LogP contribution in [-0.4, -0.2) is 34.8 Å². The number of methoxy groups -OCH3 is 2. The summed E-state index contributed by atoms with van der Waals surface area (Å²) in [5.74, 6) is 0.908. The minimum absolute atomic E-state index is 0.0112.